The van der Waals surface area contributed by atoms with E-state index in [0.29, 0.717) is 0 Å². The van der Waals surface area contributed by atoms with E-state index in [2.05, 4.69) is 236 Å². The molecule has 0 saturated heterocycles. The van der Waals surface area contributed by atoms with Gasteiger partial charge in [0.15, 0.2) is 0 Å². The van der Waals surface area contributed by atoms with Crippen LogP contribution in [0.3, 0.4) is 0 Å². The fourth-order valence-corrected chi connectivity index (χ4v) is 13.7. The van der Waals surface area contributed by atoms with Crippen molar-refractivity contribution in [3.63, 3.8) is 0 Å². The first-order valence-corrected chi connectivity index (χ1v) is 31.6. The van der Waals surface area contributed by atoms with Crippen molar-refractivity contribution in [2.24, 2.45) is 0 Å². The van der Waals surface area contributed by atoms with Crippen molar-refractivity contribution in [3.8, 4) is 67.3 Å². The van der Waals surface area contributed by atoms with Gasteiger partial charge in [-0.1, -0.05) is 185 Å². The Bertz CT molecular complexity index is 4940. The summed E-state index contributed by atoms with van der Waals surface area (Å²) < 4.78 is 0. The Morgan fingerprint density at radius 2 is 0.573 bits per heavy atom. The van der Waals surface area contributed by atoms with Gasteiger partial charge in [0.2, 0.25) is 0 Å². The van der Waals surface area contributed by atoms with E-state index in [-0.39, 0.29) is 51.0 Å². The van der Waals surface area contributed by atoms with Gasteiger partial charge in [-0.05, 0) is 181 Å². The molecule has 96 heavy (non-hydrogen) atoms. The number of aliphatic hydroxyl groups excluding tert-OH is 2. The van der Waals surface area contributed by atoms with Gasteiger partial charge in [-0.3, -0.25) is 4.98 Å². The normalized spacial score (nSPS) is 12.2. The van der Waals surface area contributed by atoms with Gasteiger partial charge in [-0.15, -0.1) is 101 Å². The van der Waals surface area contributed by atoms with Crippen molar-refractivity contribution < 1.29 is 50.4 Å². The minimum atomic E-state index is -0.0786. The molecule has 0 atom stereocenters. The van der Waals surface area contributed by atoms with Gasteiger partial charge in [0.05, 0.1) is 5.69 Å². The summed E-state index contributed by atoms with van der Waals surface area (Å²) in [6.45, 7) is 9.38. The molecule has 2 N–H and O–H groups in total. The second-order valence-corrected chi connectivity index (χ2v) is 24.2. The SMILES string of the molecule is CC1(C)c2c[c-]c(-c3ccccn3)cc2-c2cc3c4ccccc4c4ccccc4c3cc21.CC1(C)c2ccc(-c3ccccn3)cc2-c2cc3c4ccccc4c4ccccc4c3cc21.CO.CO.[Ir].[Ir].[c-]1ccccc1-c1ccccn1.[c-]1ccccc1-c1ccccn1. The topological polar surface area (TPSA) is 92.0 Å². The number of fused-ring (bicyclic) bond motifs is 18. The van der Waals surface area contributed by atoms with E-state index in [9.17, 15) is 0 Å². The quantitative estimate of drug-likeness (QED) is 0.135. The maximum atomic E-state index is 7.00. The predicted octanol–water partition coefficient (Wildman–Crippen LogP) is 21.1. The molecule has 2 aliphatic rings. The molecule has 0 unspecified atom stereocenters. The van der Waals surface area contributed by atoms with E-state index in [1.165, 1.54) is 115 Å². The number of aliphatic hydroxyl groups is 2. The van der Waals surface area contributed by atoms with Crippen LogP contribution >= 0.6 is 0 Å². The number of aromatic nitrogens is 4. The van der Waals surface area contributed by atoms with Crippen LogP contribution in [0.15, 0.2) is 298 Å². The molecule has 0 saturated carbocycles. The van der Waals surface area contributed by atoms with Gasteiger partial charge in [-0.2, -0.15) is 0 Å². The molecule has 6 nitrogen and oxygen atoms in total. The second-order valence-electron chi connectivity index (χ2n) is 24.2. The monoisotopic (exact) mass is 1600 g/mol. The first kappa shape index (κ1) is 67.4. The number of hydrogen-bond donors (Lipinski definition) is 2. The van der Waals surface area contributed by atoms with Crippen LogP contribution in [-0.2, 0) is 51.0 Å². The molecule has 474 valence electrons. The van der Waals surface area contributed by atoms with Crippen LogP contribution in [-0.4, -0.2) is 44.4 Å². The fraction of sp³-hybridized carbons (Fsp3) is 0.0909. The van der Waals surface area contributed by atoms with E-state index < -0.39 is 0 Å². The summed E-state index contributed by atoms with van der Waals surface area (Å²) in [6, 6.07) is 106. The van der Waals surface area contributed by atoms with Crippen molar-refractivity contribution in [2.45, 2.75) is 38.5 Å². The average Bonchev–Trinajstić information content (AvgIpc) is 1.51. The Morgan fingerprint density at radius 3 is 0.938 bits per heavy atom. The van der Waals surface area contributed by atoms with E-state index in [1.54, 1.807) is 12.4 Å². The molecule has 0 amide bonds. The van der Waals surface area contributed by atoms with Crippen LogP contribution in [0, 0.1) is 18.2 Å². The average molecular weight is 1600 g/mol. The van der Waals surface area contributed by atoms with Gasteiger partial charge >= 0.3 is 0 Å². The van der Waals surface area contributed by atoms with Gasteiger partial charge < -0.3 is 25.2 Å². The number of hydrogen-bond acceptors (Lipinski definition) is 6. The molecule has 4 aromatic heterocycles. The van der Waals surface area contributed by atoms with Gasteiger partial charge in [0, 0.05) is 90.2 Å². The Hall–Kier alpha value is -9.98. The Balaban J connectivity index is 0.000000139. The molecule has 16 aromatic rings. The molecule has 0 fully saturated rings. The standard InChI is InChI=1S/C32H23N.C32H22N.2C11H8N.2CH4O.2Ir/c2*1-32(2)29-15-14-20(31-13-7-8-16-33-31)17-27(29)28-18-25-23-11-5-3-9-21(23)22-10-4-6-12-24(22)26(25)19-30(28)32;2*1-2-6-10(7-3-1)11-8-4-5-9-12-11;2*1-2;;/h3-19H,1-2H3;3-13,15-19H,1-2H3;2*1-6,8-9H;2*2H,1H3;;/q;3*-1;;;;. The Kier molecular flexibility index (Phi) is 20.9. The molecule has 8 heteroatoms. The van der Waals surface area contributed by atoms with Crippen LogP contribution in [0.4, 0.5) is 0 Å². The van der Waals surface area contributed by atoms with Crippen LogP contribution in [0.5, 0.6) is 0 Å². The summed E-state index contributed by atoms with van der Waals surface area (Å²) in [5.41, 5.74) is 18.9. The molecule has 4 heterocycles. The third-order valence-electron chi connectivity index (χ3n) is 18.2. The summed E-state index contributed by atoms with van der Waals surface area (Å²) in [6.07, 6.45) is 7.29. The Labute approximate surface area is 588 Å². The molecule has 12 aromatic carbocycles. The van der Waals surface area contributed by atoms with Crippen LogP contribution < -0.4 is 0 Å². The first-order valence-electron chi connectivity index (χ1n) is 31.6. The van der Waals surface area contributed by atoms with Crippen molar-refractivity contribution in [2.75, 3.05) is 14.2 Å². The Morgan fingerprint density at radius 1 is 0.260 bits per heavy atom. The maximum absolute atomic E-state index is 7.00. The molecule has 18 rings (SSSR count). The molecule has 2 radical (unpaired) electrons. The minimum absolute atomic E-state index is 0. The molecular formula is C88H69Ir2N4O2-3. The predicted molar refractivity (Wildman–Crippen MR) is 392 cm³/mol. The number of nitrogens with zero attached hydrogens (tertiary/aromatic N) is 4. The van der Waals surface area contributed by atoms with Crippen molar-refractivity contribution in [1.82, 2.24) is 19.9 Å². The third-order valence-corrected chi connectivity index (χ3v) is 18.2. The number of benzene rings is 12. The summed E-state index contributed by atoms with van der Waals surface area (Å²) in [5, 5.41) is 29.9. The number of rotatable bonds is 4. The summed E-state index contributed by atoms with van der Waals surface area (Å²) in [7, 11) is 2.00. The van der Waals surface area contributed by atoms with E-state index in [1.807, 2.05) is 116 Å². The fourth-order valence-electron chi connectivity index (χ4n) is 13.7. The molecule has 0 spiro atoms. The van der Waals surface area contributed by atoms with Crippen molar-refractivity contribution >= 4 is 64.6 Å². The molecule has 0 bridgehead atoms. The van der Waals surface area contributed by atoms with Gasteiger partial charge in [0.1, 0.15) is 0 Å². The molecule has 0 aliphatic heterocycles. The van der Waals surface area contributed by atoms with Gasteiger partial charge in [0.25, 0.3) is 0 Å². The summed E-state index contributed by atoms with van der Waals surface area (Å²) in [4.78, 5) is 17.6. The molecule has 2 aliphatic carbocycles. The number of pyridine rings is 4. The second kappa shape index (κ2) is 29.8. The third kappa shape index (κ3) is 12.9. The molecular weight excluding hydrogens is 1530 g/mol. The zero-order valence-electron chi connectivity index (χ0n) is 54.1. The minimum Gasteiger partial charge on any atom is -0.400 e. The van der Waals surface area contributed by atoms with Crippen LogP contribution in [0.1, 0.15) is 49.9 Å². The maximum Gasteiger partial charge on any atom is 0.0702 e. The van der Waals surface area contributed by atoms with Crippen LogP contribution in [0.2, 0.25) is 0 Å². The smallest absolute Gasteiger partial charge is 0.0702 e. The van der Waals surface area contributed by atoms with Gasteiger partial charge in [-0.25, -0.2) is 0 Å². The van der Waals surface area contributed by atoms with Crippen molar-refractivity contribution in [3.05, 3.63) is 338 Å². The van der Waals surface area contributed by atoms with E-state index in [0.717, 1.165) is 53.7 Å². The first-order chi connectivity index (χ1) is 46.2. The zero-order chi connectivity index (χ0) is 64.8. The zero-order valence-corrected chi connectivity index (χ0v) is 58.9. The van der Waals surface area contributed by atoms with E-state index in [4.69, 9.17) is 10.2 Å². The largest absolute Gasteiger partial charge is 0.400 e. The van der Waals surface area contributed by atoms with Crippen molar-refractivity contribution in [1.29, 1.82) is 0 Å². The summed E-state index contributed by atoms with van der Waals surface area (Å²) in [5.74, 6) is 0. The van der Waals surface area contributed by atoms with E-state index >= 15 is 0 Å². The van der Waals surface area contributed by atoms with Crippen LogP contribution in [0.25, 0.3) is 132 Å². The summed E-state index contributed by atoms with van der Waals surface area (Å²) >= 11 is 0.